The highest BCUT2D eigenvalue weighted by Crippen LogP contribution is 2.33. The molecule has 1 N–H and O–H groups in total. The van der Waals surface area contributed by atoms with E-state index in [2.05, 4.69) is 5.32 Å². The van der Waals surface area contributed by atoms with Gasteiger partial charge in [0.25, 0.3) is 17.5 Å². The highest BCUT2D eigenvalue weighted by molar-refractivity contribution is 6.36. The summed E-state index contributed by atoms with van der Waals surface area (Å²) in [5, 5.41) is 14.1. The van der Waals surface area contributed by atoms with Gasteiger partial charge in [-0.1, -0.05) is 36.4 Å². The lowest BCUT2D eigenvalue weighted by Gasteiger charge is -2.15. The van der Waals surface area contributed by atoms with Crippen LogP contribution in [0.1, 0.15) is 11.1 Å². The van der Waals surface area contributed by atoms with Gasteiger partial charge in [-0.05, 0) is 35.4 Å². The molecule has 1 heterocycles. The number of non-ortho nitro benzene ring substituents is 1. The van der Waals surface area contributed by atoms with Gasteiger partial charge in [0.05, 0.1) is 24.2 Å². The minimum Gasteiger partial charge on any atom is -0.497 e. The van der Waals surface area contributed by atoms with Gasteiger partial charge < -0.3 is 10.1 Å². The Morgan fingerprint density at radius 1 is 0.938 bits per heavy atom. The predicted molar refractivity (Wildman–Crippen MR) is 119 cm³/mol. The van der Waals surface area contributed by atoms with Crippen LogP contribution in [0.3, 0.4) is 0 Å². The van der Waals surface area contributed by atoms with Crippen LogP contribution >= 0.6 is 0 Å². The second kappa shape index (κ2) is 8.73. The van der Waals surface area contributed by atoms with Crippen LogP contribution in [0.25, 0.3) is 5.57 Å². The van der Waals surface area contributed by atoms with Crippen molar-refractivity contribution in [3.8, 4) is 5.75 Å². The summed E-state index contributed by atoms with van der Waals surface area (Å²) in [4.78, 5) is 38.3. The largest absolute Gasteiger partial charge is 0.497 e. The third-order valence-electron chi connectivity index (χ3n) is 5.06. The third kappa shape index (κ3) is 4.06. The lowest BCUT2D eigenvalue weighted by molar-refractivity contribution is -0.384. The van der Waals surface area contributed by atoms with E-state index in [4.69, 9.17) is 4.74 Å². The summed E-state index contributed by atoms with van der Waals surface area (Å²) in [6.07, 6.45) is 0. The molecule has 32 heavy (non-hydrogen) atoms. The number of imide groups is 1. The van der Waals surface area contributed by atoms with Crippen molar-refractivity contribution >= 4 is 28.8 Å². The van der Waals surface area contributed by atoms with Crippen molar-refractivity contribution in [2.75, 3.05) is 12.4 Å². The molecule has 1 aliphatic rings. The van der Waals surface area contributed by atoms with Crippen molar-refractivity contribution in [2.45, 2.75) is 6.54 Å². The number of ether oxygens (including phenoxy) is 1. The summed E-state index contributed by atoms with van der Waals surface area (Å²) in [7, 11) is 1.53. The molecule has 0 aromatic heterocycles. The van der Waals surface area contributed by atoms with E-state index in [0.717, 1.165) is 10.5 Å². The van der Waals surface area contributed by atoms with E-state index in [0.29, 0.717) is 17.0 Å². The van der Waals surface area contributed by atoms with E-state index in [9.17, 15) is 19.7 Å². The van der Waals surface area contributed by atoms with Crippen molar-refractivity contribution in [3.63, 3.8) is 0 Å². The highest BCUT2D eigenvalue weighted by Gasteiger charge is 2.39. The number of nitrogens with zero attached hydrogens (tertiary/aromatic N) is 2. The first kappa shape index (κ1) is 20.8. The summed E-state index contributed by atoms with van der Waals surface area (Å²) in [6.45, 7) is 0.109. The van der Waals surface area contributed by atoms with E-state index in [-0.39, 0.29) is 23.5 Å². The van der Waals surface area contributed by atoms with Crippen molar-refractivity contribution in [1.29, 1.82) is 0 Å². The van der Waals surface area contributed by atoms with E-state index in [1.807, 2.05) is 30.3 Å². The first-order valence-electron chi connectivity index (χ1n) is 9.78. The molecule has 2 amide bonds. The molecule has 0 aliphatic carbocycles. The standard InChI is InChI=1S/C24H19N3O5/c1-32-20-9-5-8-18(14-20)25-22-21(17-10-12-19(13-11-17)27(30)31)23(28)26(24(22)29)15-16-6-3-2-4-7-16/h2-14,25H,15H2,1H3. The fourth-order valence-electron chi connectivity index (χ4n) is 3.46. The van der Waals surface area contributed by atoms with Gasteiger partial charge in [-0.25, -0.2) is 0 Å². The number of carbonyl (C=O) groups excluding carboxylic acids is 2. The normalized spacial score (nSPS) is 13.5. The smallest absolute Gasteiger partial charge is 0.278 e. The molecule has 4 rings (SSSR count). The molecule has 8 nitrogen and oxygen atoms in total. The number of benzene rings is 3. The van der Waals surface area contributed by atoms with Gasteiger partial charge in [0.15, 0.2) is 0 Å². The van der Waals surface area contributed by atoms with Crippen LogP contribution in [0.4, 0.5) is 11.4 Å². The van der Waals surface area contributed by atoms with Crippen molar-refractivity contribution < 1.29 is 19.2 Å². The molecule has 3 aromatic carbocycles. The van der Waals surface area contributed by atoms with Crippen LogP contribution in [0.15, 0.2) is 84.6 Å². The lowest BCUT2D eigenvalue weighted by Crippen LogP contribution is -2.31. The molecule has 1 aliphatic heterocycles. The first-order chi connectivity index (χ1) is 15.5. The van der Waals surface area contributed by atoms with E-state index in [1.54, 1.807) is 24.3 Å². The Morgan fingerprint density at radius 3 is 2.31 bits per heavy atom. The van der Waals surface area contributed by atoms with Gasteiger partial charge in [0, 0.05) is 23.9 Å². The van der Waals surface area contributed by atoms with Crippen molar-refractivity contribution in [2.24, 2.45) is 0 Å². The topological polar surface area (TPSA) is 102 Å². The Hall–Kier alpha value is -4.46. The molecule has 0 unspecified atom stereocenters. The van der Waals surface area contributed by atoms with E-state index < -0.39 is 16.7 Å². The van der Waals surface area contributed by atoms with Gasteiger partial charge in [0.1, 0.15) is 11.4 Å². The molecule has 0 fully saturated rings. The molecule has 8 heteroatoms. The van der Waals surface area contributed by atoms with Crippen molar-refractivity contribution in [3.05, 3.63) is 106 Å². The Balaban J connectivity index is 1.75. The average Bonchev–Trinajstić information content (AvgIpc) is 3.04. The minimum atomic E-state index is -0.517. The van der Waals surface area contributed by atoms with Crippen LogP contribution in [0, 0.1) is 10.1 Å². The van der Waals surface area contributed by atoms with E-state index in [1.165, 1.54) is 31.4 Å². The summed E-state index contributed by atoms with van der Waals surface area (Å²) in [5.74, 6) is -0.362. The number of nitro groups is 1. The maximum atomic E-state index is 13.3. The number of hydrogen-bond donors (Lipinski definition) is 1. The fraction of sp³-hybridized carbons (Fsp3) is 0.0833. The molecule has 0 bridgehead atoms. The SMILES string of the molecule is COc1cccc(NC2=C(c3ccc([N+](=O)[O-])cc3)C(=O)N(Cc3ccccc3)C2=O)c1. The van der Waals surface area contributed by atoms with Gasteiger partial charge in [-0.2, -0.15) is 0 Å². The molecule has 0 spiro atoms. The van der Waals surface area contributed by atoms with E-state index >= 15 is 0 Å². The number of amides is 2. The van der Waals surface area contributed by atoms with Crippen LogP contribution in [0.5, 0.6) is 5.75 Å². The number of nitro benzene ring substituents is 1. The summed E-state index contributed by atoms with van der Waals surface area (Å²) in [6, 6.07) is 21.7. The van der Waals surface area contributed by atoms with Crippen molar-refractivity contribution in [1.82, 2.24) is 4.90 Å². The van der Waals surface area contributed by atoms with Gasteiger partial charge >= 0.3 is 0 Å². The molecule has 3 aromatic rings. The number of rotatable bonds is 7. The zero-order chi connectivity index (χ0) is 22.7. The average molecular weight is 429 g/mol. The van der Waals surface area contributed by atoms with Crippen LogP contribution in [-0.4, -0.2) is 28.7 Å². The summed E-state index contributed by atoms with van der Waals surface area (Å²) < 4.78 is 5.23. The minimum absolute atomic E-state index is 0.102. The molecular formula is C24H19N3O5. The number of methoxy groups -OCH3 is 1. The molecule has 0 saturated carbocycles. The zero-order valence-electron chi connectivity index (χ0n) is 17.1. The number of carbonyl (C=O) groups is 2. The zero-order valence-corrected chi connectivity index (χ0v) is 17.1. The second-order valence-electron chi connectivity index (χ2n) is 7.09. The molecule has 160 valence electrons. The van der Waals surface area contributed by atoms with Gasteiger partial charge in [0.2, 0.25) is 0 Å². The third-order valence-corrected chi connectivity index (χ3v) is 5.06. The first-order valence-corrected chi connectivity index (χ1v) is 9.78. The van der Waals surface area contributed by atoms with Crippen LogP contribution in [-0.2, 0) is 16.1 Å². The summed E-state index contributed by atoms with van der Waals surface area (Å²) >= 11 is 0. The maximum Gasteiger partial charge on any atom is 0.278 e. The Bertz CT molecular complexity index is 1220. The lowest BCUT2D eigenvalue weighted by atomic mass is 10.0. The number of hydrogen-bond acceptors (Lipinski definition) is 6. The monoisotopic (exact) mass is 429 g/mol. The van der Waals surface area contributed by atoms with Crippen LogP contribution < -0.4 is 10.1 Å². The van der Waals surface area contributed by atoms with Gasteiger partial charge in [-0.15, -0.1) is 0 Å². The Morgan fingerprint density at radius 2 is 1.66 bits per heavy atom. The number of nitrogens with one attached hydrogen (secondary N) is 1. The highest BCUT2D eigenvalue weighted by atomic mass is 16.6. The Kier molecular flexibility index (Phi) is 5.67. The molecule has 0 radical (unpaired) electrons. The Labute approximate surface area is 183 Å². The van der Waals surface area contributed by atoms with Gasteiger partial charge in [-0.3, -0.25) is 24.6 Å². The summed E-state index contributed by atoms with van der Waals surface area (Å²) in [5.41, 5.74) is 1.95. The fourth-order valence-corrected chi connectivity index (χ4v) is 3.46. The number of anilines is 1. The molecule has 0 atom stereocenters. The maximum absolute atomic E-state index is 13.3. The quantitative estimate of drug-likeness (QED) is 0.346. The molecule has 0 saturated heterocycles. The predicted octanol–water partition coefficient (Wildman–Crippen LogP) is 4.00. The second-order valence-corrected chi connectivity index (χ2v) is 7.09. The van der Waals surface area contributed by atoms with Crippen LogP contribution in [0.2, 0.25) is 0 Å². The molecular weight excluding hydrogens is 410 g/mol.